The highest BCUT2D eigenvalue weighted by Gasteiger charge is 2.28. The molecule has 0 saturated carbocycles. The first-order valence-corrected chi connectivity index (χ1v) is 11.9. The van der Waals surface area contributed by atoms with Crippen LogP contribution in [0.15, 0.2) is 42.5 Å². The molecule has 10 nitrogen and oxygen atoms in total. The van der Waals surface area contributed by atoms with E-state index in [1.165, 1.54) is 9.70 Å². The third-order valence-corrected chi connectivity index (χ3v) is 5.74. The van der Waals surface area contributed by atoms with Gasteiger partial charge in [0.1, 0.15) is 12.6 Å². The number of hydrogen-bond donors (Lipinski definition) is 1. The molecule has 1 N–H and O–H groups in total. The molecule has 0 bridgehead atoms. The summed E-state index contributed by atoms with van der Waals surface area (Å²) in [6, 6.07) is 12.0. The van der Waals surface area contributed by atoms with Crippen molar-refractivity contribution in [2.45, 2.75) is 46.7 Å². The second-order valence-electron chi connectivity index (χ2n) is 8.96. The molecule has 192 valence electrons. The van der Waals surface area contributed by atoms with Crippen molar-refractivity contribution in [1.29, 1.82) is 0 Å². The lowest BCUT2D eigenvalue weighted by Gasteiger charge is -2.28. The van der Waals surface area contributed by atoms with Crippen LogP contribution >= 0.6 is 0 Å². The van der Waals surface area contributed by atoms with E-state index in [9.17, 15) is 9.59 Å². The number of aromatic nitrogens is 4. The maximum atomic E-state index is 13.4. The number of carbonyl (C=O) groups excluding carboxylic acids is 2. The van der Waals surface area contributed by atoms with E-state index < -0.39 is 6.04 Å². The number of amides is 2. The third kappa shape index (κ3) is 6.59. The Morgan fingerprint density at radius 2 is 1.72 bits per heavy atom. The van der Waals surface area contributed by atoms with Crippen LogP contribution < -0.4 is 19.7 Å². The van der Waals surface area contributed by atoms with E-state index in [0.717, 1.165) is 12.0 Å². The molecule has 1 unspecified atom stereocenters. The van der Waals surface area contributed by atoms with Crippen LogP contribution in [0, 0.1) is 12.8 Å². The Bertz CT molecular complexity index is 1180. The number of aryl methyl sites for hydroxylation is 1. The SMILES string of the molecule is COc1ccc(-c2nnn(CC(=O)N(c3ccc(C)cc3)C(C)C(=O)NCCC(C)C)n2)cc1OC. The molecule has 0 aliphatic heterocycles. The van der Waals surface area contributed by atoms with E-state index in [1.54, 1.807) is 39.3 Å². The van der Waals surface area contributed by atoms with Crippen molar-refractivity contribution in [3.63, 3.8) is 0 Å². The predicted molar refractivity (Wildman–Crippen MR) is 137 cm³/mol. The molecular weight excluding hydrogens is 460 g/mol. The number of ether oxygens (including phenoxy) is 2. The molecular formula is C26H34N6O4. The van der Waals surface area contributed by atoms with Crippen molar-refractivity contribution in [3.05, 3.63) is 48.0 Å². The van der Waals surface area contributed by atoms with Crippen molar-refractivity contribution in [2.75, 3.05) is 25.7 Å². The van der Waals surface area contributed by atoms with Crippen LogP contribution in [-0.4, -0.2) is 58.8 Å². The molecule has 3 aromatic rings. The van der Waals surface area contributed by atoms with E-state index >= 15 is 0 Å². The predicted octanol–water partition coefficient (Wildman–Crippen LogP) is 3.25. The van der Waals surface area contributed by atoms with Gasteiger partial charge >= 0.3 is 0 Å². The Balaban J connectivity index is 1.80. The Morgan fingerprint density at radius 1 is 1.03 bits per heavy atom. The molecule has 1 aromatic heterocycles. The molecule has 0 saturated heterocycles. The maximum absolute atomic E-state index is 13.4. The van der Waals surface area contributed by atoms with Gasteiger partial charge in [0, 0.05) is 17.8 Å². The molecule has 10 heteroatoms. The quantitative estimate of drug-likeness (QED) is 0.435. The summed E-state index contributed by atoms with van der Waals surface area (Å²) in [6.07, 6.45) is 0.860. The monoisotopic (exact) mass is 494 g/mol. The van der Waals surface area contributed by atoms with E-state index in [2.05, 4.69) is 34.6 Å². The second-order valence-corrected chi connectivity index (χ2v) is 8.96. The summed E-state index contributed by atoms with van der Waals surface area (Å²) in [4.78, 5) is 29.0. The lowest BCUT2D eigenvalue weighted by atomic mass is 10.1. The number of anilines is 1. The second kappa shape index (κ2) is 12.1. The van der Waals surface area contributed by atoms with Crippen LogP contribution in [0.5, 0.6) is 11.5 Å². The molecule has 1 atom stereocenters. The molecule has 1 heterocycles. The number of hydrogen-bond acceptors (Lipinski definition) is 7. The first-order chi connectivity index (χ1) is 17.2. The zero-order valence-corrected chi connectivity index (χ0v) is 21.7. The number of nitrogens with one attached hydrogen (secondary N) is 1. The van der Waals surface area contributed by atoms with Crippen LogP contribution in [0.4, 0.5) is 5.69 Å². The standard InChI is InChI=1S/C26H34N6O4/c1-17(2)13-14-27-26(34)19(4)32(21-10-7-18(3)8-11-21)24(33)16-31-29-25(28-30-31)20-9-12-22(35-5)23(15-20)36-6/h7-12,15,17,19H,13-14,16H2,1-6H3,(H,27,34). The summed E-state index contributed by atoms with van der Waals surface area (Å²) in [5.41, 5.74) is 2.34. The minimum absolute atomic E-state index is 0.183. The van der Waals surface area contributed by atoms with Crippen molar-refractivity contribution in [3.8, 4) is 22.9 Å². The first kappa shape index (κ1) is 26.7. The fourth-order valence-electron chi connectivity index (χ4n) is 3.64. The van der Waals surface area contributed by atoms with Crippen LogP contribution in [0.2, 0.25) is 0 Å². The van der Waals surface area contributed by atoms with Crippen molar-refractivity contribution in [2.24, 2.45) is 5.92 Å². The fraction of sp³-hybridized carbons (Fsp3) is 0.423. The van der Waals surface area contributed by atoms with Gasteiger partial charge in [-0.2, -0.15) is 4.80 Å². The van der Waals surface area contributed by atoms with E-state index in [1.807, 2.05) is 31.2 Å². The van der Waals surface area contributed by atoms with Gasteiger partial charge < -0.3 is 14.8 Å². The van der Waals surface area contributed by atoms with Gasteiger partial charge in [-0.25, -0.2) is 0 Å². The van der Waals surface area contributed by atoms with Crippen molar-refractivity contribution >= 4 is 17.5 Å². The minimum Gasteiger partial charge on any atom is -0.493 e. The highest BCUT2D eigenvalue weighted by Crippen LogP contribution is 2.30. The Kier molecular flexibility index (Phi) is 8.99. The average Bonchev–Trinajstić information content (AvgIpc) is 3.32. The Hall–Kier alpha value is -3.95. The molecule has 3 rings (SSSR count). The summed E-state index contributed by atoms with van der Waals surface area (Å²) in [5.74, 6) is 1.37. The maximum Gasteiger partial charge on any atom is 0.251 e. The van der Waals surface area contributed by atoms with Gasteiger partial charge in [0.25, 0.3) is 5.91 Å². The number of nitrogens with zero attached hydrogens (tertiary/aromatic N) is 5. The third-order valence-electron chi connectivity index (χ3n) is 5.74. The lowest BCUT2D eigenvalue weighted by molar-refractivity contribution is -0.126. The number of benzene rings is 2. The molecule has 36 heavy (non-hydrogen) atoms. The van der Waals surface area contributed by atoms with Gasteiger partial charge in [-0.3, -0.25) is 14.5 Å². The zero-order chi connectivity index (χ0) is 26.2. The van der Waals surface area contributed by atoms with Crippen LogP contribution in [-0.2, 0) is 16.1 Å². The normalized spacial score (nSPS) is 11.8. The van der Waals surface area contributed by atoms with Crippen molar-refractivity contribution in [1.82, 2.24) is 25.5 Å². The van der Waals surface area contributed by atoms with Crippen LogP contribution in [0.25, 0.3) is 11.4 Å². The number of rotatable bonds is 11. The van der Waals surface area contributed by atoms with Gasteiger partial charge in [-0.1, -0.05) is 31.5 Å². The summed E-state index contributed by atoms with van der Waals surface area (Å²) in [5, 5.41) is 15.4. The van der Waals surface area contributed by atoms with E-state index in [4.69, 9.17) is 9.47 Å². The van der Waals surface area contributed by atoms with Gasteiger partial charge in [-0.05, 0) is 61.7 Å². The zero-order valence-electron chi connectivity index (χ0n) is 21.7. The topological polar surface area (TPSA) is 111 Å². The Labute approximate surface area is 211 Å². The van der Waals surface area contributed by atoms with Gasteiger partial charge in [0.05, 0.1) is 14.2 Å². The first-order valence-electron chi connectivity index (χ1n) is 11.9. The molecule has 0 spiro atoms. The van der Waals surface area contributed by atoms with Gasteiger partial charge in [-0.15, -0.1) is 10.2 Å². The number of carbonyl (C=O) groups is 2. The highest BCUT2D eigenvalue weighted by atomic mass is 16.5. The van der Waals surface area contributed by atoms with Gasteiger partial charge in [0.2, 0.25) is 11.7 Å². The van der Waals surface area contributed by atoms with Crippen LogP contribution in [0.1, 0.15) is 32.8 Å². The molecule has 2 aromatic carbocycles. The largest absolute Gasteiger partial charge is 0.493 e. The fourth-order valence-corrected chi connectivity index (χ4v) is 3.64. The molecule has 0 aliphatic rings. The van der Waals surface area contributed by atoms with E-state index in [0.29, 0.717) is 41.0 Å². The number of methoxy groups -OCH3 is 2. The summed E-state index contributed by atoms with van der Waals surface area (Å²) in [6.45, 7) is 8.24. The summed E-state index contributed by atoms with van der Waals surface area (Å²) in [7, 11) is 3.10. The average molecular weight is 495 g/mol. The summed E-state index contributed by atoms with van der Waals surface area (Å²) < 4.78 is 10.6. The van der Waals surface area contributed by atoms with Gasteiger partial charge in [0.15, 0.2) is 11.5 Å². The molecule has 0 aliphatic carbocycles. The lowest BCUT2D eigenvalue weighted by Crippen LogP contribution is -2.49. The number of tetrazole rings is 1. The minimum atomic E-state index is -0.721. The van der Waals surface area contributed by atoms with Crippen molar-refractivity contribution < 1.29 is 19.1 Å². The summed E-state index contributed by atoms with van der Waals surface area (Å²) >= 11 is 0. The Morgan fingerprint density at radius 3 is 2.36 bits per heavy atom. The highest BCUT2D eigenvalue weighted by molar-refractivity contribution is 6.00. The van der Waals surface area contributed by atoms with Crippen LogP contribution in [0.3, 0.4) is 0 Å². The molecule has 0 fully saturated rings. The molecule has 2 amide bonds. The molecule has 0 radical (unpaired) electrons. The smallest absolute Gasteiger partial charge is 0.251 e. The van der Waals surface area contributed by atoms with E-state index in [-0.39, 0.29) is 18.4 Å².